The van der Waals surface area contributed by atoms with Gasteiger partial charge in [0.1, 0.15) is 5.82 Å². The van der Waals surface area contributed by atoms with Gasteiger partial charge in [-0.15, -0.1) is 0 Å². The largest absolute Gasteiger partial charge is 0.385 e. The van der Waals surface area contributed by atoms with Crippen molar-refractivity contribution in [2.75, 3.05) is 30.9 Å². The number of benzene rings is 1. The summed E-state index contributed by atoms with van der Waals surface area (Å²) < 4.78 is 4.98. The minimum Gasteiger partial charge on any atom is -0.385 e. The van der Waals surface area contributed by atoms with E-state index in [-0.39, 0.29) is 5.91 Å². The summed E-state index contributed by atoms with van der Waals surface area (Å²) >= 11 is 5.80. The van der Waals surface area contributed by atoms with E-state index in [1.807, 2.05) is 6.07 Å². The molecule has 2 rings (SSSR count). The van der Waals surface area contributed by atoms with Gasteiger partial charge in [0.2, 0.25) is 0 Å². The fraction of sp³-hybridized carbons (Fsp3) is 0.250. The number of nitrogens with zero attached hydrogens (tertiary/aromatic N) is 1. The lowest BCUT2D eigenvalue weighted by atomic mass is 10.2. The van der Waals surface area contributed by atoms with E-state index < -0.39 is 0 Å². The average molecular weight is 320 g/mol. The van der Waals surface area contributed by atoms with E-state index >= 15 is 0 Å². The van der Waals surface area contributed by atoms with Gasteiger partial charge in [0.05, 0.1) is 11.9 Å². The Morgan fingerprint density at radius 1 is 1.23 bits per heavy atom. The quantitative estimate of drug-likeness (QED) is 0.767. The fourth-order valence-electron chi connectivity index (χ4n) is 1.81. The van der Waals surface area contributed by atoms with Crippen LogP contribution in [0.4, 0.5) is 11.5 Å². The third-order valence-corrected chi connectivity index (χ3v) is 3.21. The van der Waals surface area contributed by atoms with Crippen molar-refractivity contribution < 1.29 is 9.53 Å². The van der Waals surface area contributed by atoms with Gasteiger partial charge in [-0.25, -0.2) is 4.98 Å². The van der Waals surface area contributed by atoms with Crippen LogP contribution in [0.2, 0.25) is 5.02 Å². The molecule has 0 saturated heterocycles. The van der Waals surface area contributed by atoms with Crippen molar-refractivity contribution in [1.29, 1.82) is 0 Å². The van der Waals surface area contributed by atoms with Gasteiger partial charge in [0.25, 0.3) is 5.91 Å². The highest BCUT2D eigenvalue weighted by Gasteiger charge is 2.06. The number of halogens is 1. The summed E-state index contributed by atoms with van der Waals surface area (Å²) in [5.41, 5.74) is 1.19. The van der Waals surface area contributed by atoms with Gasteiger partial charge in [-0.2, -0.15) is 0 Å². The molecule has 1 amide bonds. The number of aromatic nitrogens is 1. The fourth-order valence-corrected chi connectivity index (χ4v) is 1.94. The molecule has 0 bridgehead atoms. The summed E-state index contributed by atoms with van der Waals surface area (Å²) in [6, 6.07) is 10.3. The van der Waals surface area contributed by atoms with Gasteiger partial charge < -0.3 is 15.4 Å². The molecule has 5 nitrogen and oxygen atoms in total. The Hall–Kier alpha value is -2.11. The highest BCUT2D eigenvalue weighted by Crippen LogP contribution is 2.13. The molecule has 22 heavy (non-hydrogen) atoms. The van der Waals surface area contributed by atoms with Crippen molar-refractivity contribution in [3.8, 4) is 0 Å². The molecule has 0 saturated carbocycles. The summed E-state index contributed by atoms with van der Waals surface area (Å²) in [5, 5.41) is 6.57. The molecular weight excluding hydrogens is 302 g/mol. The predicted molar refractivity (Wildman–Crippen MR) is 88.6 cm³/mol. The van der Waals surface area contributed by atoms with Crippen LogP contribution >= 0.6 is 11.6 Å². The second-order valence-electron chi connectivity index (χ2n) is 4.67. The van der Waals surface area contributed by atoms with E-state index in [4.69, 9.17) is 16.3 Å². The third kappa shape index (κ3) is 5.02. The van der Waals surface area contributed by atoms with Crippen molar-refractivity contribution >= 4 is 29.0 Å². The highest BCUT2D eigenvalue weighted by molar-refractivity contribution is 6.30. The molecule has 0 atom stereocenters. The number of rotatable bonds is 7. The van der Waals surface area contributed by atoms with E-state index in [9.17, 15) is 4.79 Å². The van der Waals surface area contributed by atoms with E-state index in [1.165, 1.54) is 0 Å². The van der Waals surface area contributed by atoms with E-state index in [2.05, 4.69) is 15.6 Å². The Morgan fingerprint density at radius 2 is 2.00 bits per heavy atom. The number of hydrogen-bond acceptors (Lipinski definition) is 4. The molecule has 6 heteroatoms. The summed E-state index contributed by atoms with van der Waals surface area (Å²) in [4.78, 5) is 16.3. The Balaban J connectivity index is 1.88. The first-order valence-electron chi connectivity index (χ1n) is 6.95. The first-order chi connectivity index (χ1) is 10.7. The van der Waals surface area contributed by atoms with E-state index in [1.54, 1.807) is 43.6 Å². The number of anilines is 2. The Bertz CT molecular complexity index is 600. The second kappa shape index (κ2) is 8.36. The molecule has 0 spiro atoms. The van der Waals surface area contributed by atoms with Gasteiger partial charge in [-0.3, -0.25) is 4.79 Å². The molecule has 1 heterocycles. The number of methoxy groups -OCH3 is 1. The minimum atomic E-state index is -0.195. The van der Waals surface area contributed by atoms with Crippen molar-refractivity contribution in [2.45, 2.75) is 6.42 Å². The molecule has 0 unspecified atom stereocenters. The first-order valence-corrected chi connectivity index (χ1v) is 7.32. The summed E-state index contributed by atoms with van der Waals surface area (Å²) in [6.07, 6.45) is 2.53. The number of carbonyl (C=O) groups excluding carboxylic acids is 1. The maximum Gasteiger partial charge on any atom is 0.255 e. The van der Waals surface area contributed by atoms with Crippen LogP contribution in [0.1, 0.15) is 16.8 Å². The summed E-state index contributed by atoms with van der Waals surface area (Å²) in [5.74, 6) is 0.569. The first kappa shape index (κ1) is 16.3. The number of pyridine rings is 1. The van der Waals surface area contributed by atoms with Crippen molar-refractivity contribution in [2.24, 2.45) is 0 Å². The molecule has 0 aliphatic heterocycles. The molecular formula is C16H18ClN3O2. The molecule has 116 valence electrons. The van der Waals surface area contributed by atoms with Gasteiger partial charge in [0.15, 0.2) is 0 Å². The Morgan fingerprint density at radius 3 is 2.64 bits per heavy atom. The van der Waals surface area contributed by atoms with Gasteiger partial charge in [-0.05, 0) is 42.8 Å². The standard InChI is InChI=1S/C16H18ClN3O2/c1-22-10-2-9-18-15-8-7-14(11-19-15)20-16(21)12-3-5-13(17)6-4-12/h3-8,11H,2,9-10H2,1H3,(H,18,19)(H,20,21). The molecule has 0 fully saturated rings. The normalized spacial score (nSPS) is 10.3. The SMILES string of the molecule is COCCCNc1ccc(NC(=O)c2ccc(Cl)cc2)cn1. The minimum absolute atomic E-state index is 0.195. The van der Waals surface area contributed by atoms with Crippen LogP contribution in [0.25, 0.3) is 0 Å². The van der Waals surface area contributed by atoms with Crippen LogP contribution in [0.15, 0.2) is 42.6 Å². The molecule has 2 aromatic rings. The lowest BCUT2D eigenvalue weighted by molar-refractivity contribution is 0.102. The number of nitrogens with one attached hydrogen (secondary N) is 2. The summed E-state index contributed by atoms with van der Waals surface area (Å²) in [7, 11) is 1.68. The number of amides is 1. The molecule has 1 aromatic carbocycles. The van der Waals surface area contributed by atoms with Crippen molar-refractivity contribution in [1.82, 2.24) is 4.98 Å². The monoisotopic (exact) mass is 319 g/mol. The number of hydrogen-bond donors (Lipinski definition) is 2. The predicted octanol–water partition coefficient (Wildman–Crippen LogP) is 3.44. The molecule has 0 radical (unpaired) electrons. The molecule has 0 aliphatic rings. The van der Waals surface area contributed by atoms with Crippen molar-refractivity contribution in [3.63, 3.8) is 0 Å². The zero-order valence-electron chi connectivity index (χ0n) is 12.3. The van der Waals surface area contributed by atoms with Crippen LogP contribution in [0.3, 0.4) is 0 Å². The highest BCUT2D eigenvalue weighted by atomic mass is 35.5. The molecule has 0 aliphatic carbocycles. The Labute approximate surface area is 134 Å². The summed E-state index contributed by atoms with van der Waals surface area (Å²) in [6.45, 7) is 1.50. The van der Waals surface area contributed by atoms with Gasteiger partial charge >= 0.3 is 0 Å². The zero-order valence-corrected chi connectivity index (χ0v) is 13.1. The lowest BCUT2D eigenvalue weighted by Gasteiger charge is -2.08. The Kier molecular flexibility index (Phi) is 6.18. The molecule has 2 N–H and O–H groups in total. The van der Waals surface area contributed by atoms with Crippen molar-refractivity contribution in [3.05, 3.63) is 53.2 Å². The van der Waals surface area contributed by atoms with Gasteiger partial charge in [-0.1, -0.05) is 11.6 Å². The van der Waals surface area contributed by atoms with E-state index in [0.717, 1.165) is 18.8 Å². The third-order valence-electron chi connectivity index (χ3n) is 2.96. The average Bonchev–Trinajstić information content (AvgIpc) is 2.54. The second-order valence-corrected chi connectivity index (χ2v) is 5.10. The van der Waals surface area contributed by atoms with Gasteiger partial charge in [0, 0.05) is 30.8 Å². The van der Waals surface area contributed by atoms with Crippen LogP contribution < -0.4 is 10.6 Å². The number of ether oxygens (including phenoxy) is 1. The molecule has 1 aromatic heterocycles. The van der Waals surface area contributed by atoms with E-state index in [0.29, 0.717) is 22.9 Å². The smallest absolute Gasteiger partial charge is 0.255 e. The van der Waals surface area contributed by atoms with Crippen LogP contribution in [-0.2, 0) is 4.74 Å². The van der Waals surface area contributed by atoms with Crippen LogP contribution in [0.5, 0.6) is 0 Å². The lowest BCUT2D eigenvalue weighted by Crippen LogP contribution is -2.12. The zero-order chi connectivity index (χ0) is 15.8. The number of carbonyl (C=O) groups is 1. The maximum absolute atomic E-state index is 12.0. The van der Waals surface area contributed by atoms with Crippen LogP contribution in [-0.4, -0.2) is 31.2 Å². The van der Waals surface area contributed by atoms with Crippen LogP contribution in [0, 0.1) is 0 Å². The topological polar surface area (TPSA) is 63.2 Å². The maximum atomic E-state index is 12.0.